The molecule has 1 aliphatic carbocycles. The average molecular weight is 412 g/mol. The van der Waals surface area contributed by atoms with Gasteiger partial charge in [-0.25, -0.2) is 8.42 Å². The van der Waals surface area contributed by atoms with Gasteiger partial charge in [-0.3, -0.25) is 0 Å². The normalized spacial score (nSPS) is 17.2. The van der Waals surface area contributed by atoms with E-state index in [4.69, 9.17) is 4.74 Å². The molecule has 0 aliphatic heterocycles. The van der Waals surface area contributed by atoms with Crippen molar-refractivity contribution in [1.29, 1.82) is 0 Å². The second-order valence-electron chi connectivity index (χ2n) is 7.38. The number of sulfonamides is 1. The summed E-state index contributed by atoms with van der Waals surface area (Å²) >= 11 is 0. The van der Waals surface area contributed by atoms with E-state index in [1.807, 2.05) is 49.4 Å². The molecule has 29 heavy (non-hydrogen) atoms. The summed E-state index contributed by atoms with van der Waals surface area (Å²) < 4.78 is 34.3. The van der Waals surface area contributed by atoms with Crippen molar-refractivity contribution in [3.8, 4) is 0 Å². The molecule has 2 aromatic carbocycles. The van der Waals surface area contributed by atoms with Crippen LogP contribution in [-0.2, 0) is 21.4 Å². The molecule has 0 aromatic heterocycles. The summed E-state index contributed by atoms with van der Waals surface area (Å²) in [6.45, 7) is 6.95. The minimum Gasteiger partial charge on any atom is -0.372 e. The average Bonchev–Trinajstić information content (AvgIpc) is 2.73. The third-order valence-electron chi connectivity index (χ3n) is 5.18. The first kappa shape index (κ1) is 21.5. The molecule has 0 heterocycles. The Morgan fingerprint density at radius 2 is 1.83 bits per heavy atom. The molecule has 1 unspecified atom stereocenters. The predicted molar refractivity (Wildman–Crippen MR) is 117 cm³/mol. The van der Waals surface area contributed by atoms with Crippen LogP contribution in [0.3, 0.4) is 0 Å². The number of benzene rings is 2. The predicted octanol–water partition coefficient (Wildman–Crippen LogP) is 4.87. The Hall–Kier alpha value is -2.21. The smallest absolute Gasteiger partial charge is 0.243 e. The van der Waals surface area contributed by atoms with E-state index in [1.54, 1.807) is 22.5 Å². The first-order chi connectivity index (χ1) is 14.0. The zero-order valence-corrected chi connectivity index (χ0v) is 17.8. The highest BCUT2D eigenvalue weighted by atomic mass is 32.2. The minimum atomic E-state index is -3.62. The Kier molecular flexibility index (Phi) is 7.42. The molecule has 2 aromatic rings. The van der Waals surface area contributed by atoms with Crippen molar-refractivity contribution in [3.63, 3.8) is 0 Å². The number of rotatable bonds is 9. The molecule has 1 atom stereocenters. The van der Waals surface area contributed by atoms with E-state index in [0.717, 1.165) is 36.0 Å². The molecule has 0 radical (unpaired) electrons. The molecular weight excluding hydrogens is 382 g/mol. The highest BCUT2D eigenvalue weighted by Crippen LogP contribution is 2.29. The zero-order valence-electron chi connectivity index (χ0n) is 17.0. The van der Waals surface area contributed by atoms with Gasteiger partial charge in [-0.15, -0.1) is 6.58 Å². The van der Waals surface area contributed by atoms with Gasteiger partial charge in [-0.05, 0) is 49.5 Å². The zero-order chi connectivity index (χ0) is 20.7. The highest BCUT2D eigenvalue weighted by Gasteiger charge is 2.33. The summed E-state index contributed by atoms with van der Waals surface area (Å²) in [4.78, 5) is 0.320. The van der Waals surface area contributed by atoms with Crippen molar-refractivity contribution < 1.29 is 13.2 Å². The fourth-order valence-corrected chi connectivity index (χ4v) is 5.26. The van der Waals surface area contributed by atoms with Crippen molar-refractivity contribution >= 4 is 10.0 Å². The third-order valence-corrected chi connectivity index (χ3v) is 7.07. The number of ether oxygens (including phenoxy) is 1. The number of allylic oxidation sites excluding steroid dienone is 1. The van der Waals surface area contributed by atoms with Crippen LogP contribution in [0.15, 0.2) is 83.8 Å². The van der Waals surface area contributed by atoms with Gasteiger partial charge in [0, 0.05) is 12.6 Å². The topological polar surface area (TPSA) is 46.6 Å². The van der Waals surface area contributed by atoms with Crippen molar-refractivity contribution in [1.82, 2.24) is 4.31 Å². The molecule has 0 fully saturated rings. The molecular formula is C24H29NO3S. The summed E-state index contributed by atoms with van der Waals surface area (Å²) in [5.41, 5.74) is 3.17. The Bertz CT molecular complexity index is 934. The van der Waals surface area contributed by atoms with Crippen molar-refractivity contribution in [3.05, 3.63) is 90.0 Å². The maximum absolute atomic E-state index is 13.4. The van der Waals surface area contributed by atoms with Gasteiger partial charge in [-0.1, -0.05) is 60.2 Å². The van der Waals surface area contributed by atoms with E-state index in [1.165, 1.54) is 0 Å². The van der Waals surface area contributed by atoms with Crippen LogP contribution in [0.1, 0.15) is 30.4 Å². The van der Waals surface area contributed by atoms with Crippen LogP contribution >= 0.6 is 0 Å². The second kappa shape index (κ2) is 10.0. The van der Waals surface area contributed by atoms with Crippen LogP contribution in [-0.4, -0.2) is 31.9 Å². The standard InChI is InChI=1S/C24H29NO3S/c1-3-17-25(29(26,27)23-15-13-20(2)14-16-23)24-12-8-7-11-22(24)19-28-18-21-9-5-4-6-10-21/h3-6,9-11,13-16,24H,1,7-8,12,17-19H2,2H3. The Morgan fingerprint density at radius 3 is 2.52 bits per heavy atom. The Labute approximate surface area is 174 Å². The van der Waals surface area contributed by atoms with Crippen LogP contribution < -0.4 is 0 Å². The van der Waals surface area contributed by atoms with Gasteiger partial charge < -0.3 is 4.74 Å². The van der Waals surface area contributed by atoms with E-state index in [9.17, 15) is 8.42 Å². The molecule has 0 saturated carbocycles. The van der Waals surface area contributed by atoms with E-state index >= 15 is 0 Å². The maximum atomic E-state index is 13.4. The summed E-state index contributed by atoms with van der Waals surface area (Å²) in [6, 6.07) is 16.8. The van der Waals surface area contributed by atoms with E-state index in [0.29, 0.717) is 18.1 Å². The van der Waals surface area contributed by atoms with Crippen molar-refractivity contribution in [2.45, 2.75) is 43.7 Å². The molecule has 1 aliphatic rings. The van der Waals surface area contributed by atoms with Crippen LogP contribution in [0.5, 0.6) is 0 Å². The molecule has 3 rings (SSSR count). The highest BCUT2D eigenvalue weighted by molar-refractivity contribution is 7.89. The van der Waals surface area contributed by atoms with Gasteiger partial charge in [-0.2, -0.15) is 4.31 Å². The van der Waals surface area contributed by atoms with E-state index in [-0.39, 0.29) is 12.6 Å². The lowest BCUT2D eigenvalue weighted by Crippen LogP contribution is -2.43. The van der Waals surface area contributed by atoms with Gasteiger partial charge in [0.25, 0.3) is 0 Å². The van der Waals surface area contributed by atoms with Crippen molar-refractivity contribution in [2.75, 3.05) is 13.2 Å². The van der Waals surface area contributed by atoms with Gasteiger partial charge in [0.2, 0.25) is 10.0 Å². The summed E-state index contributed by atoms with van der Waals surface area (Å²) in [5, 5.41) is 0. The largest absolute Gasteiger partial charge is 0.372 e. The second-order valence-corrected chi connectivity index (χ2v) is 9.27. The minimum absolute atomic E-state index is 0.205. The van der Waals surface area contributed by atoms with Crippen LogP contribution in [0.4, 0.5) is 0 Å². The van der Waals surface area contributed by atoms with E-state index < -0.39 is 10.0 Å². The Morgan fingerprint density at radius 1 is 1.10 bits per heavy atom. The maximum Gasteiger partial charge on any atom is 0.243 e. The van der Waals surface area contributed by atoms with Crippen LogP contribution in [0, 0.1) is 6.92 Å². The number of hydrogen-bond donors (Lipinski definition) is 0. The molecule has 5 heteroatoms. The fraction of sp³-hybridized carbons (Fsp3) is 0.333. The lowest BCUT2D eigenvalue weighted by atomic mass is 9.94. The van der Waals surface area contributed by atoms with Gasteiger partial charge in [0.05, 0.1) is 18.1 Å². The first-order valence-corrected chi connectivity index (χ1v) is 11.5. The van der Waals surface area contributed by atoms with E-state index in [2.05, 4.69) is 12.7 Å². The molecule has 0 amide bonds. The van der Waals surface area contributed by atoms with Crippen LogP contribution in [0.25, 0.3) is 0 Å². The lowest BCUT2D eigenvalue weighted by Gasteiger charge is -2.34. The van der Waals surface area contributed by atoms with Crippen LogP contribution in [0.2, 0.25) is 0 Å². The molecule has 0 spiro atoms. The third kappa shape index (κ3) is 5.44. The summed E-state index contributed by atoms with van der Waals surface area (Å²) in [6.07, 6.45) is 6.50. The summed E-state index contributed by atoms with van der Waals surface area (Å²) in [5.74, 6) is 0. The lowest BCUT2D eigenvalue weighted by molar-refractivity contribution is 0.131. The molecule has 0 saturated heterocycles. The van der Waals surface area contributed by atoms with Gasteiger partial charge in [0.1, 0.15) is 0 Å². The SMILES string of the molecule is C=CCN(C1CCCC=C1COCc1ccccc1)S(=O)(=O)c1ccc(C)cc1. The molecule has 0 bridgehead atoms. The number of nitrogens with zero attached hydrogens (tertiary/aromatic N) is 1. The quantitative estimate of drug-likeness (QED) is 0.553. The first-order valence-electron chi connectivity index (χ1n) is 10.0. The van der Waals surface area contributed by atoms with Crippen molar-refractivity contribution in [2.24, 2.45) is 0 Å². The molecule has 0 N–H and O–H groups in total. The molecule has 4 nitrogen and oxygen atoms in total. The summed E-state index contributed by atoms with van der Waals surface area (Å²) in [7, 11) is -3.62. The van der Waals surface area contributed by atoms with Gasteiger partial charge >= 0.3 is 0 Å². The van der Waals surface area contributed by atoms with Gasteiger partial charge in [0.15, 0.2) is 0 Å². The monoisotopic (exact) mass is 411 g/mol. The number of hydrogen-bond acceptors (Lipinski definition) is 3. The fourth-order valence-electron chi connectivity index (χ4n) is 3.63. The Balaban J connectivity index is 1.78. The number of aryl methyl sites for hydroxylation is 1. The molecule has 154 valence electrons.